The summed E-state index contributed by atoms with van der Waals surface area (Å²) in [7, 11) is 0. The minimum absolute atomic E-state index is 0.301. The van der Waals surface area contributed by atoms with Crippen molar-refractivity contribution in [1.29, 1.82) is 0 Å². The molecule has 5 nitrogen and oxygen atoms in total. The number of halogens is 1. The van der Waals surface area contributed by atoms with Gasteiger partial charge >= 0.3 is 5.97 Å². The van der Waals surface area contributed by atoms with Gasteiger partial charge in [0.1, 0.15) is 0 Å². The molecule has 2 aliphatic carbocycles. The van der Waals surface area contributed by atoms with Gasteiger partial charge in [-0.1, -0.05) is 37.5 Å². The van der Waals surface area contributed by atoms with Gasteiger partial charge in [0.05, 0.1) is 16.7 Å². The van der Waals surface area contributed by atoms with Crippen molar-refractivity contribution in [2.75, 3.05) is 0 Å². The third-order valence-electron chi connectivity index (χ3n) is 6.52. The third-order valence-corrected chi connectivity index (χ3v) is 6.78. The summed E-state index contributed by atoms with van der Waals surface area (Å²) in [6, 6.07) is 6.41. The van der Waals surface area contributed by atoms with Crippen molar-refractivity contribution in [2.45, 2.75) is 40.0 Å². The van der Waals surface area contributed by atoms with E-state index in [1.165, 1.54) is 0 Å². The van der Waals surface area contributed by atoms with E-state index in [0.717, 1.165) is 18.6 Å². The van der Waals surface area contributed by atoms with Crippen LogP contribution in [-0.4, -0.2) is 17.6 Å². The van der Waals surface area contributed by atoms with Crippen LogP contribution in [0.2, 0.25) is 5.02 Å². The maximum atomic E-state index is 12.1. The minimum atomic E-state index is -0.618. The van der Waals surface area contributed by atoms with Gasteiger partial charge in [-0.25, -0.2) is 4.79 Å². The first-order valence-electron chi connectivity index (χ1n) is 7.98. The molecule has 2 bridgehead atoms. The zero-order chi connectivity index (χ0) is 17.8. The summed E-state index contributed by atoms with van der Waals surface area (Å²) < 4.78 is 0. The van der Waals surface area contributed by atoms with Gasteiger partial charge in [0, 0.05) is 16.9 Å². The molecule has 1 aromatic rings. The maximum Gasteiger partial charge on any atom is 0.365 e. The van der Waals surface area contributed by atoms with E-state index in [1.807, 2.05) is 13.8 Å². The SMILES string of the molecule is CC12CCC(C(N)=O)(C/C1=N/OC(=O)c1ccc(Cl)cc1)C2(C)C. The average Bonchev–Trinajstić information content (AvgIpc) is 2.83. The molecule has 0 aliphatic heterocycles. The number of nitrogens with two attached hydrogens (primary N) is 1. The number of carbonyl (C=O) groups is 2. The lowest BCUT2D eigenvalue weighted by Crippen LogP contribution is -2.44. The highest BCUT2D eigenvalue weighted by Crippen LogP contribution is 2.70. The number of nitrogens with zero attached hydrogens (tertiary/aromatic N) is 1. The van der Waals surface area contributed by atoms with Crippen molar-refractivity contribution in [2.24, 2.45) is 27.1 Å². The second kappa shape index (κ2) is 5.31. The van der Waals surface area contributed by atoms with Crippen molar-refractivity contribution in [3.05, 3.63) is 34.9 Å². The van der Waals surface area contributed by atoms with E-state index in [0.29, 0.717) is 17.0 Å². The summed E-state index contributed by atoms with van der Waals surface area (Å²) in [4.78, 5) is 29.4. The quantitative estimate of drug-likeness (QED) is 0.669. The fourth-order valence-electron chi connectivity index (χ4n) is 4.30. The van der Waals surface area contributed by atoms with Crippen LogP contribution in [0, 0.1) is 16.2 Å². The Labute approximate surface area is 146 Å². The lowest BCUT2D eigenvalue weighted by molar-refractivity contribution is -0.132. The Balaban J connectivity index is 1.86. The average molecular weight is 349 g/mol. The standard InChI is InChI=1S/C18H21ClN2O3/c1-16(2)17(3)8-9-18(16,15(20)23)10-13(17)21-24-14(22)11-4-6-12(19)7-5-11/h4-7H,8-10H2,1-3H3,(H2,20,23)/b21-13-. The van der Waals surface area contributed by atoms with Crippen molar-refractivity contribution in [1.82, 2.24) is 0 Å². The first-order valence-corrected chi connectivity index (χ1v) is 8.36. The number of rotatable bonds is 3. The van der Waals surface area contributed by atoms with Crippen molar-refractivity contribution < 1.29 is 14.4 Å². The number of carbonyl (C=O) groups excluding carboxylic acids is 2. The molecular weight excluding hydrogens is 328 g/mol. The van der Waals surface area contributed by atoms with E-state index < -0.39 is 11.4 Å². The normalized spacial score (nSPS) is 32.1. The van der Waals surface area contributed by atoms with Gasteiger partial charge in [-0.2, -0.15) is 0 Å². The van der Waals surface area contributed by atoms with Gasteiger partial charge in [0.25, 0.3) is 0 Å². The van der Waals surface area contributed by atoms with Crippen LogP contribution < -0.4 is 5.73 Å². The molecule has 2 unspecified atom stereocenters. The first-order chi connectivity index (χ1) is 11.1. The molecule has 24 heavy (non-hydrogen) atoms. The number of fused-ring (bicyclic) bond motifs is 2. The monoisotopic (exact) mass is 348 g/mol. The molecule has 2 fully saturated rings. The Morgan fingerprint density at radius 2 is 1.79 bits per heavy atom. The number of benzene rings is 1. The zero-order valence-electron chi connectivity index (χ0n) is 14.1. The van der Waals surface area contributed by atoms with Gasteiger partial charge in [0.2, 0.25) is 5.91 Å². The molecule has 2 aliphatic rings. The Kier molecular flexibility index (Phi) is 3.75. The van der Waals surface area contributed by atoms with E-state index in [1.54, 1.807) is 24.3 Å². The highest BCUT2D eigenvalue weighted by atomic mass is 35.5. The van der Waals surface area contributed by atoms with E-state index in [2.05, 4.69) is 12.1 Å². The Morgan fingerprint density at radius 3 is 2.33 bits per heavy atom. The molecule has 2 atom stereocenters. The highest BCUT2D eigenvalue weighted by molar-refractivity contribution is 6.30. The summed E-state index contributed by atoms with van der Waals surface area (Å²) in [5.74, 6) is -0.845. The molecular formula is C18H21ClN2O3. The van der Waals surface area contributed by atoms with Crippen LogP contribution in [0.1, 0.15) is 50.4 Å². The topological polar surface area (TPSA) is 81.8 Å². The molecule has 0 heterocycles. The molecule has 0 aromatic heterocycles. The number of hydrogen-bond acceptors (Lipinski definition) is 4. The van der Waals surface area contributed by atoms with Gasteiger partial charge in [-0.05, 0) is 42.5 Å². The number of oxime groups is 1. The fourth-order valence-corrected chi connectivity index (χ4v) is 4.42. The molecule has 2 N–H and O–H groups in total. The van der Waals surface area contributed by atoms with E-state index >= 15 is 0 Å². The Hall–Kier alpha value is -1.88. The molecule has 0 spiro atoms. The number of primary amides is 1. The maximum absolute atomic E-state index is 12.1. The van der Waals surface area contributed by atoms with Crippen LogP contribution in [-0.2, 0) is 9.63 Å². The summed E-state index contributed by atoms with van der Waals surface area (Å²) in [6.45, 7) is 6.17. The third kappa shape index (κ3) is 2.10. The molecule has 6 heteroatoms. The lowest BCUT2D eigenvalue weighted by Gasteiger charge is -2.38. The van der Waals surface area contributed by atoms with E-state index in [4.69, 9.17) is 22.2 Å². The van der Waals surface area contributed by atoms with Gasteiger partial charge in [-0.3, -0.25) is 4.79 Å². The largest absolute Gasteiger partial charge is 0.369 e. The molecule has 0 radical (unpaired) electrons. The summed E-state index contributed by atoms with van der Waals surface area (Å²) in [6.07, 6.45) is 2.00. The smallest absolute Gasteiger partial charge is 0.365 e. The molecule has 0 saturated heterocycles. The highest BCUT2D eigenvalue weighted by Gasteiger charge is 2.71. The lowest BCUT2D eigenvalue weighted by atomic mass is 9.64. The fraction of sp³-hybridized carbons (Fsp3) is 0.500. The van der Waals surface area contributed by atoms with E-state index in [-0.39, 0.29) is 16.7 Å². The van der Waals surface area contributed by atoms with Crippen LogP contribution in [0.15, 0.2) is 29.4 Å². The molecule has 3 rings (SSSR count). The Morgan fingerprint density at radius 1 is 1.17 bits per heavy atom. The van der Waals surface area contributed by atoms with E-state index in [9.17, 15) is 9.59 Å². The molecule has 1 amide bonds. The van der Waals surface area contributed by atoms with Crippen molar-refractivity contribution in [3.63, 3.8) is 0 Å². The van der Waals surface area contributed by atoms with Gasteiger partial charge < -0.3 is 10.6 Å². The zero-order valence-corrected chi connectivity index (χ0v) is 14.8. The second-order valence-corrected chi connectivity index (χ2v) is 7.94. The van der Waals surface area contributed by atoms with Crippen LogP contribution in [0.4, 0.5) is 0 Å². The summed E-state index contributed by atoms with van der Waals surface area (Å²) in [5.41, 5.74) is 5.58. The number of amides is 1. The predicted molar refractivity (Wildman–Crippen MR) is 91.7 cm³/mol. The summed E-state index contributed by atoms with van der Waals surface area (Å²) in [5, 5.41) is 4.67. The number of hydrogen-bond donors (Lipinski definition) is 1. The first kappa shape index (κ1) is 17.0. The Bertz CT molecular complexity index is 741. The molecule has 1 aromatic carbocycles. The van der Waals surface area contributed by atoms with Gasteiger partial charge in [0.15, 0.2) is 0 Å². The van der Waals surface area contributed by atoms with Crippen LogP contribution in [0.5, 0.6) is 0 Å². The van der Waals surface area contributed by atoms with Crippen LogP contribution >= 0.6 is 11.6 Å². The van der Waals surface area contributed by atoms with Crippen molar-refractivity contribution in [3.8, 4) is 0 Å². The second-order valence-electron chi connectivity index (χ2n) is 7.50. The van der Waals surface area contributed by atoms with Crippen LogP contribution in [0.3, 0.4) is 0 Å². The van der Waals surface area contributed by atoms with Gasteiger partial charge in [-0.15, -0.1) is 0 Å². The molecule has 128 valence electrons. The molecule has 2 saturated carbocycles. The summed E-state index contributed by atoms with van der Waals surface area (Å²) >= 11 is 5.81. The van der Waals surface area contributed by atoms with Crippen molar-refractivity contribution >= 4 is 29.2 Å². The van der Waals surface area contributed by atoms with Crippen LogP contribution in [0.25, 0.3) is 0 Å². The predicted octanol–water partition coefficient (Wildman–Crippen LogP) is 3.55. The minimum Gasteiger partial charge on any atom is -0.369 e.